The number of nitrogens with one attached hydrogen (secondary N) is 1. The summed E-state index contributed by atoms with van der Waals surface area (Å²) in [5.41, 5.74) is 6.64. The Labute approximate surface area is 180 Å². The second-order valence-electron chi connectivity index (χ2n) is 6.04. The molecule has 7 heteroatoms. The number of aliphatic imine (C=N–C) groups is 2. The molecule has 0 amide bonds. The molecule has 1 aliphatic rings. The molecule has 1 heterocycles. The third-order valence-corrected chi connectivity index (χ3v) is 3.84. The minimum atomic E-state index is 0.284. The van der Waals surface area contributed by atoms with E-state index in [2.05, 4.69) is 49.8 Å². The number of ether oxygens (including phenoxy) is 2. The van der Waals surface area contributed by atoms with Crippen LogP contribution in [0.25, 0.3) is 0 Å². The first-order chi connectivity index (χ1) is 13.8. The first-order valence-electron chi connectivity index (χ1n) is 9.89. The average Bonchev–Trinajstić information content (AvgIpc) is 3.17. The Bertz CT molecular complexity index is 640. The molecule has 6 nitrogen and oxygen atoms in total. The summed E-state index contributed by atoms with van der Waals surface area (Å²) in [5.74, 6) is 2.54. The quantitative estimate of drug-likeness (QED) is 0.439. The number of aryl methyl sites for hydroxylation is 1. The second-order valence-corrected chi connectivity index (χ2v) is 6.66. The number of nitrogens with zero attached hydrogens (tertiary/aromatic N) is 2. The summed E-state index contributed by atoms with van der Waals surface area (Å²) in [6.45, 7) is 17.1. The van der Waals surface area contributed by atoms with Crippen LogP contribution in [0.3, 0.4) is 0 Å². The van der Waals surface area contributed by atoms with Crippen LogP contribution in [0.1, 0.15) is 46.6 Å². The molecule has 3 N–H and O–H groups in total. The number of hydrogen-bond acceptors (Lipinski definition) is 4. The van der Waals surface area contributed by atoms with Crippen LogP contribution in [0.2, 0.25) is 0 Å². The van der Waals surface area contributed by atoms with Gasteiger partial charge in [0.05, 0.1) is 19.8 Å². The summed E-state index contributed by atoms with van der Waals surface area (Å²) in [5, 5.41) is 4.16. The van der Waals surface area contributed by atoms with Gasteiger partial charge in [0.15, 0.2) is 0 Å². The number of methoxy groups -OCH3 is 1. The van der Waals surface area contributed by atoms with E-state index in [1.54, 1.807) is 7.11 Å². The molecule has 1 aromatic rings. The van der Waals surface area contributed by atoms with E-state index in [4.69, 9.17) is 9.47 Å². The molecular formula is C22H41N4O2P. The molecule has 2 rings (SSSR count). The summed E-state index contributed by atoms with van der Waals surface area (Å²) in [6, 6.07) is 6.36. The highest BCUT2D eigenvalue weighted by Gasteiger charge is 2.13. The Morgan fingerprint density at radius 2 is 1.90 bits per heavy atom. The Balaban J connectivity index is 0. The van der Waals surface area contributed by atoms with Crippen LogP contribution in [0.5, 0.6) is 5.75 Å². The molecular weight excluding hydrogens is 383 g/mol. The van der Waals surface area contributed by atoms with Crippen molar-refractivity contribution in [1.82, 2.24) is 5.32 Å². The number of benzene rings is 1. The van der Waals surface area contributed by atoms with Gasteiger partial charge in [-0.15, -0.1) is 9.24 Å². The topological polar surface area (TPSA) is 81.2 Å². The molecule has 0 saturated carbocycles. The molecule has 1 fully saturated rings. The average molecular weight is 425 g/mol. The van der Waals surface area contributed by atoms with Gasteiger partial charge in [-0.25, -0.2) is 4.99 Å². The van der Waals surface area contributed by atoms with Gasteiger partial charge >= 0.3 is 0 Å². The van der Waals surface area contributed by atoms with Crippen LogP contribution >= 0.6 is 9.24 Å². The molecule has 29 heavy (non-hydrogen) atoms. The summed E-state index contributed by atoms with van der Waals surface area (Å²) >= 11 is 0. The van der Waals surface area contributed by atoms with Crippen LogP contribution < -0.4 is 21.1 Å². The van der Waals surface area contributed by atoms with Gasteiger partial charge in [-0.1, -0.05) is 32.1 Å². The van der Waals surface area contributed by atoms with Crippen molar-refractivity contribution < 1.29 is 9.47 Å². The predicted molar refractivity (Wildman–Crippen MR) is 132 cm³/mol. The van der Waals surface area contributed by atoms with Gasteiger partial charge in [0, 0.05) is 17.6 Å². The third-order valence-electron chi connectivity index (χ3n) is 3.38. The zero-order valence-electron chi connectivity index (χ0n) is 19.5. The molecule has 0 radical (unpaired) electrons. The molecule has 2 atom stereocenters. The number of nitrogens with two attached hydrogens (primary N) is 1. The van der Waals surface area contributed by atoms with Crippen molar-refractivity contribution in [3.8, 4) is 5.75 Å². The van der Waals surface area contributed by atoms with Crippen molar-refractivity contribution in [2.75, 3.05) is 27.4 Å². The van der Waals surface area contributed by atoms with Gasteiger partial charge in [-0.3, -0.25) is 4.99 Å². The van der Waals surface area contributed by atoms with E-state index in [-0.39, 0.29) is 6.04 Å². The number of rotatable bonds is 3. The summed E-state index contributed by atoms with van der Waals surface area (Å²) < 4.78 is 10.3. The predicted octanol–water partition coefficient (Wildman–Crippen LogP) is 3.84. The van der Waals surface area contributed by atoms with Crippen LogP contribution in [0, 0.1) is 6.92 Å². The van der Waals surface area contributed by atoms with Crippen molar-refractivity contribution in [1.29, 1.82) is 0 Å². The largest absolute Gasteiger partial charge is 0.496 e. The molecule has 0 bridgehead atoms. The zero-order valence-corrected chi connectivity index (χ0v) is 20.7. The van der Waals surface area contributed by atoms with Gasteiger partial charge in [0.1, 0.15) is 17.4 Å². The number of allylic oxidation sites excluding steroid dienone is 1. The van der Waals surface area contributed by atoms with E-state index >= 15 is 0 Å². The van der Waals surface area contributed by atoms with E-state index in [1.165, 1.54) is 12.6 Å². The lowest BCUT2D eigenvalue weighted by Crippen LogP contribution is -2.18. The van der Waals surface area contributed by atoms with Crippen molar-refractivity contribution in [2.45, 2.75) is 54.0 Å². The highest BCUT2D eigenvalue weighted by Crippen LogP contribution is 2.11. The number of hydrogen-bond donors (Lipinski definition) is 2. The fraction of sp³-hybridized carbons (Fsp3) is 0.545. The van der Waals surface area contributed by atoms with Crippen LogP contribution in [0.15, 0.2) is 40.5 Å². The summed E-state index contributed by atoms with van der Waals surface area (Å²) in [7, 11) is 5.82. The van der Waals surface area contributed by atoms with Crippen LogP contribution in [-0.2, 0) is 4.74 Å². The van der Waals surface area contributed by atoms with E-state index in [1.807, 2.05) is 46.8 Å². The van der Waals surface area contributed by atoms with E-state index in [0.717, 1.165) is 48.1 Å². The highest BCUT2D eigenvalue weighted by atomic mass is 31.0. The monoisotopic (exact) mass is 424 g/mol. The summed E-state index contributed by atoms with van der Waals surface area (Å²) in [6.07, 6.45) is 1.000. The third kappa shape index (κ3) is 14.8. The Morgan fingerprint density at radius 1 is 1.28 bits per heavy atom. The fourth-order valence-corrected chi connectivity index (χ4v) is 2.83. The van der Waals surface area contributed by atoms with E-state index in [0.29, 0.717) is 0 Å². The molecule has 166 valence electrons. The number of amidine groups is 2. The lowest BCUT2D eigenvalue weighted by molar-refractivity contribution is 0.194. The molecule has 0 aliphatic carbocycles. The fourth-order valence-electron chi connectivity index (χ4n) is 2.35. The molecule has 0 aromatic heterocycles. The lowest BCUT2D eigenvalue weighted by atomic mass is 10.2. The van der Waals surface area contributed by atoms with E-state index < -0.39 is 0 Å². The first kappa shape index (κ1) is 29.5. The Morgan fingerprint density at radius 3 is 2.34 bits per heavy atom. The van der Waals surface area contributed by atoms with Crippen molar-refractivity contribution in [2.24, 2.45) is 15.7 Å². The van der Waals surface area contributed by atoms with E-state index in [9.17, 15) is 0 Å². The van der Waals surface area contributed by atoms with Gasteiger partial charge in [0.25, 0.3) is 0 Å². The molecule has 2 unspecified atom stereocenters. The molecule has 1 aliphatic heterocycles. The molecule has 1 saturated heterocycles. The Hall–Kier alpha value is -1.75. The maximum Gasteiger partial charge on any atom is 0.125 e. The van der Waals surface area contributed by atoms with Gasteiger partial charge in [0.2, 0.25) is 0 Å². The van der Waals surface area contributed by atoms with Crippen molar-refractivity contribution >= 4 is 26.2 Å². The van der Waals surface area contributed by atoms with Crippen LogP contribution in [0.4, 0.5) is 0 Å². The zero-order chi connectivity index (χ0) is 22.8. The van der Waals surface area contributed by atoms with Gasteiger partial charge in [-0.2, -0.15) is 0 Å². The molecule has 0 spiro atoms. The van der Waals surface area contributed by atoms with Gasteiger partial charge in [-0.05, 0) is 53.3 Å². The molecule has 1 aromatic carbocycles. The first-order valence-corrected chi connectivity index (χ1v) is 10.5. The minimum Gasteiger partial charge on any atom is -0.496 e. The normalized spacial score (nSPS) is 15.6. The maximum absolute atomic E-state index is 5.24. The van der Waals surface area contributed by atoms with Crippen molar-refractivity contribution in [3.63, 3.8) is 0 Å². The van der Waals surface area contributed by atoms with Gasteiger partial charge < -0.3 is 20.5 Å². The second kappa shape index (κ2) is 18.3. The van der Waals surface area contributed by atoms with Crippen molar-refractivity contribution in [3.05, 3.63) is 36.0 Å². The van der Waals surface area contributed by atoms with Crippen LogP contribution in [-0.4, -0.2) is 45.1 Å². The summed E-state index contributed by atoms with van der Waals surface area (Å²) in [4.78, 5) is 8.78. The smallest absolute Gasteiger partial charge is 0.125 e. The maximum atomic E-state index is 5.24. The lowest BCUT2D eigenvalue weighted by Gasteiger charge is -2.05. The highest BCUT2D eigenvalue weighted by molar-refractivity contribution is 7.27. The SMILES string of the molecule is C=C(C)NC(C)=NC(C)=NC1CCOC1.CC.CN.COc1ccc(C)cc1P. The standard InChI is InChI=1S/C11H19N3O.C8H11OP.C2H6.CH5N/c1-8(2)12-9(3)13-10(4)14-11-5-6-15-7-11;1-6-3-4-7(9-2)8(10)5-6;2*1-2/h11H,1,5-7H2,2-4H3,(H,12,13,14);3-5H,10H2,1-2H3;1-2H3;2H2,1H3. The Kier molecular flexibility index (Phi) is 18.6. The minimum absolute atomic E-state index is 0.284.